The summed E-state index contributed by atoms with van der Waals surface area (Å²) in [7, 11) is -3.24. The highest BCUT2D eigenvalue weighted by atomic mass is 32.2. The summed E-state index contributed by atoms with van der Waals surface area (Å²) in [5.41, 5.74) is 0. The van der Waals surface area contributed by atoms with Crippen molar-refractivity contribution in [2.45, 2.75) is 31.1 Å². The molecule has 1 aliphatic heterocycles. The lowest BCUT2D eigenvalue weighted by molar-refractivity contribution is -0.126. The van der Waals surface area contributed by atoms with Crippen LogP contribution < -0.4 is 5.32 Å². The van der Waals surface area contributed by atoms with E-state index in [1.165, 1.54) is 0 Å². The highest BCUT2D eigenvalue weighted by Gasteiger charge is 2.25. The van der Waals surface area contributed by atoms with E-state index in [1.54, 1.807) is 24.3 Å². The quantitative estimate of drug-likeness (QED) is 0.624. The Morgan fingerprint density at radius 3 is 2.58 bits per heavy atom. The molecule has 0 spiro atoms. The lowest BCUT2D eigenvalue weighted by atomic mass is 9.96. The van der Waals surface area contributed by atoms with Gasteiger partial charge in [0.05, 0.1) is 10.6 Å². The maximum Gasteiger partial charge on any atom is 0.223 e. The molecule has 2 rings (SSSR count). The summed E-state index contributed by atoms with van der Waals surface area (Å²) in [6, 6.07) is 8.57. The Morgan fingerprint density at radius 2 is 1.92 bits per heavy atom. The number of likely N-dealkylation sites (tertiary alicyclic amines) is 1. The number of benzene rings is 1. The SMILES string of the molecule is CCOCCCNC(=O)C1CCN(CCS(=O)(=O)c2ccccc2)CC1. The smallest absolute Gasteiger partial charge is 0.223 e. The van der Waals surface area contributed by atoms with Crippen molar-refractivity contribution in [1.82, 2.24) is 10.2 Å². The zero-order valence-corrected chi connectivity index (χ0v) is 16.3. The average molecular weight is 383 g/mol. The molecule has 1 aliphatic rings. The molecule has 0 radical (unpaired) electrons. The van der Waals surface area contributed by atoms with Gasteiger partial charge < -0.3 is 15.0 Å². The van der Waals surface area contributed by atoms with Crippen molar-refractivity contribution in [3.8, 4) is 0 Å². The predicted molar refractivity (Wildman–Crippen MR) is 102 cm³/mol. The molecule has 1 N–H and O–H groups in total. The van der Waals surface area contributed by atoms with Crippen molar-refractivity contribution in [2.75, 3.05) is 45.1 Å². The maximum absolute atomic E-state index is 12.3. The van der Waals surface area contributed by atoms with Crippen LogP contribution in [0.25, 0.3) is 0 Å². The third-order valence-corrected chi connectivity index (χ3v) is 6.42. The molecular weight excluding hydrogens is 352 g/mol. The summed E-state index contributed by atoms with van der Waals surface area (Å²) in [5, 5.41) is 2.97. The Kier molecular flexibility index (Phi) is 8.54. The molecule has 146 valence electrons. The van der Waals surface area contributed by atoms with Crippen LogP contribution in [0, 0.1) is 5.92 Å². The van der Waals surface area contributed by atoms with Crippen molar-refractivity contribution in [1.29, 1.82) is 0 Å². The highest BCUT2D eigenvalue weighted by Crippen LogP contribution is 2.18. The van der Waals surface area contributed by atoms with Gasteiger partial charge in [-0.25, -0.2) is 8.42 Å². The predicted octanol–water partition coefficient (Wildman–Crippen LogP) is 1.72. The van der Waals surface area contributed by atoms with Crippen LogP contribution in [0.1, 0.15) is 26.2 Å². The average Bonchev–Trinajstić information content (AvgIpc) is 2.67. The van der Waals surface area contributed by atoms with Gasteiger partial charge in [0.15, 0.2) is 9.84 Å². The summed E-state index contributed by atoms with van der Waals surface area (Å²) in [4.78, 5) is 14.7. The standard InChI is InChI=1S/C19H30N2O4S/c1-2-25-15-6-11-20-19(22)17-9-12-21(13-10-17)14-16-26(23,24)18-7-4-3-5-8-18/h3-5,7-8,17H,2,6,9-16H2,1H3,(H,20,22). The largest absolute Gasteiger partial charge is 0.382 e. The second-order valence-corrected chi connectivity index (χ2v) is 8.70. The first-order valence-electron chi connectivity index (χ1n) is 9.38. The first-order chi connectivity index (χ1) is 12.5. The maximum atomic E-state index is 12.3. The fourth-order valence-electron chi connectivity index (χ4n) is 3.09. The number of carbonyl (C=O) groups excluding carboxylic acids is 1. The fraction of sp³-hybridized carbons (Fsp3) is 0.632. The van der Waals surface area contributed by atoms with Gasteiger partial charge in [-0.2, -0.15) is 0 Å². The second-order valence-electron chi connectivity index (χ2n) is 6.59. The number of hydrogen-bond acceptors (Lipinski definition) is 5. The molecule has 1 fully saturated rings. The third-order valence-electron chi connectivity index (χ3n) is 4.71. The van der Waals surface area contributed by atoms with E-state index in [0.29, 0.717) is 31.2 Å². The molecule has 0 atom stereocenters. The van der Waals surface area contributed by atoms with Crippen molar-refractivity contribution in [2.24, 2.45) is 5.92 Å². The topological polar surface area (TPSA) is 75.7 Å². The van der Waals surface area contributed by atoms with Gasteiger partial charge in [0.1, 0.15) is 0 Å². The minimum atomic E-state index is -3.24. The molecule has 26 heavy (non-hydrogen) atoms. The van der Waals surface area contributed by atoms with Crippen LogP contribution >= 0.6 is 0 Å². The van der Waals surface area contributed by atoms with Crippen LogP contribution in [-0.2, 0) is 19.4 Å². The molecule has 1 aromatic rings. The van der Waals surface area contributed by atoms with E-state index in [9.17, 15) is 13.2 Å². The summed E-state index contributed by atoms with van der Waals surface area (Å²) < 4.78 is 29.9. The summed E-state index contributed by atoms with van der Waals surface area (Å²) in [5.74, 6) is 0.257. The molecule has 0 unspecified atom stereocenters. The van der Waals surface area contributed by atoms with Gasteiger partial charge in [0, 0.05) is 32.2 Å². The Morgan fingerprint density at radius 1 is 1.23 bits per heavy atom. The van der Waals surface area contributed by atoms with Gasteiger partial charge in [-0.3, -0.25) is 4.79 Å². The van der Waals surface area contributed by atoms with Crippen molar-refractivity contribution in [3.63, 3.8) is 0 Å². The van der Waals surface area contributed by atoms with Crippen LogP contribution in [0.4, 0.5) is 0 Å². The number of hydrogen-bond donors (Lipinski definition) is 1. The van der Waals surface area contributed by atoms with E-state index in [-0.39, 0.29) is 17.6 Å². The van der Waals surface area contributed by atoms with Crippen LogP contribution in [0.15, 0.2) is 35.2 Å². The molecule has 0 saturated carbocycles. The van der Waals surface area contributed by atoms with Crippen molar-refractivity contribution < 1.29 is 17.9 Å². The van der Waals surface area contributed by atoms with Crippen LogP contribution in [0.2, 0.25) is 0 Å². The number of ether oxygens (including phenoxy) is 1. The Hall–Kier alpha value is -1.44. The van der Waals surface area contributed by atoms with E-state index < -0.39 is 9.84 Å². The number of amides is 1. The number of piperidine rings is 1. The van der Waals surface area contributed by atoms with E-state index in [1.807, 2.05) is 13.0 Å². The lowest BCUT2D eigenvalue weighted by Crippen LogP contribution is -2.42. The molecule has 0 aromatic heterocycles. The number of carbonyl (C=O) groups is 1. The van der Waals surface area contributed by atoms with E-state index in [4.69, 9.17) is 4.74 Å². The normalized spacial score (nSPS) is 16.5. The van der Waals surface area contributed by atoms with Gasteiger partial charge in [-0.15, -0.1) is 0 Å². The van der Waals surface area contributed by atoms with E-state index in [2.05, 4.69) is 10.2 Å². The Labute approximate surface area is 156 Å². The van der Waals surface area contributed by atoms with E-state index in [0.717, 1.165) is 32.4 Å². The minimum Gasteiger partial charge on any atom is -0.382 e. The molecular formula is C19H30N2O4S. The monoisotopic (exact) mass is 382 g/mol. The zero-order valence-electron chi connectivity index (χ0n) is 15.5. The first kappa shape index (κ1) is 20.9. The number of sulfone groups is 1. The van der Waals surface area contributed by atoms with Gasteiger partial charge in [0.25, 0.3) is 0 Å². The molecule has 1 amide bonds. The molecule has 1 aromatic carbocycles. The molecule has 1 saturated heterocycles. The lowest BCUT2D eigenvalue weighted by Gasteiger charge is -2.31. The third kappa shape index (κ3) is 6.70. The minimum absolute atomic E-state index is 0.0315. The van der Waals surface area contributed by atoms with Crippen molar-refractivity contribution in [3.05, 3.63) is 30.3 Å². The summed E-state index contributed by atoms with van der Waals surface area (Å²) in [6.45, 7) is 6.02. The molecule has 7 heteroatoms. The zero-order chi connectivity index (χ0) is 18.8. The Bertz CT molecular complexity index is 641. The second kappa shape index (κ2) is 10.6. The highest BCUT2D eigenvalue weighted by molar-refractivity contribution is 7.91. The van der Waals surface area contributed by atoms with Crippen LogP contribution in [0.3, 0.4) is 0 Å². The summed E-state index contributed by atoms with van der Waals surface area (Å²) >= 11 is 0. The number of nitrogens with one attached hydrogen (secondary N) is 1. The fourth-order valence-corrected chi connectivity index (χ4v) is 4.39. The van der Waals surface area contributed by atoms with Crippen LogP contribution in [0.5, 0.6) is 0 Å². The molecule has 0 aliphatic carbocycles. The first-order valence-corrected chi connectivity index (χ1v) is 11.0. The van der Waals surface area contributed by atoms with Gasteiger partial charge in [-0.1, -0.05) is 18.2 Å². The van der Waals surface area contributed by atoms with Crippen LogP contribution in [-0.4, -0.2) is 64.4 Å². The van der Waals surface area contributed by atoms with Gasteiger partial charge in [-0.05, 0) is 51.4 Å². The number of rotatable bonds is 10. The molecule has 0 bridgehead atoms. The molecule has 6 nitrogen and oxygen atoms in total. The Balaban J connectivity index is 1.67. The molecule has 1 heterocycles. The van der Waals surface area contributed by atoms with Crippen molar-refractivity contribution >= 4 is 15.7 Å². The summed E-state index contributed by atoms with van der Waals surface area (Å²) in [6.07, 6.45) is 2.39. The van der Waals surface area contributed by atoms with Gasteiger partial charge >= 0.3 is 0 Å². The van der Waals surface area contributed by atoms with Gasteiger partial charge in [0.2, 0.25) is 5.91 Å². The number of nitrogens with zero attached hydrogens (tertiary/aromatic N) is 1. The van der Waals surface area contributed by atoms with E-state index >= 15 is 0 Å².